The van der Waals surface area contributed by atoms with Crippen LogP contribution in [0.5, 0.6) is 0 Å². The fourth-order valence-electron chi connectivity index (χ4n) is 1.34. The minimum atomic E-state index is 0.483. The highest BCUT2D eigenvalue weighted by Gasteiger charge is 2.11. The van der Waals surface area contributed by atoms with Crippen LogP contribution in [-0.2, 0) is 4.74 Å². The van der Waals surface area contributed by atoms with Gasteiger partial charge < -0.3 is 9.84 Å². The van der Waals surface area contributed by atoms with Gasteiger partial charge >= 0.3 is 0 Å². The lowest BCUT2D eigenvalue weighted by molar-refractivity contribution is 0.107. The number of hydrogen-bond donors (Lipinski definition) is 1. The summed E-state index contributed by atoms with van der Waals surface area (Å²) in [6, 6.07) is 0. The molecule has 0 aromatic rings. The van der Waals surface area contributed by atoms with Crippen molar-refractivity contribution in [2.45, 2.75) is 38.2 Å². The third-order valence-corrected chi connectivity index (χ3v) is 1.84. The lowest BCUT2D eigenvalue weighted by Crippen LogP contribution is -2.13. The first-order chi connectivity index (χ1) is 5.43. The molecule has 2 nitrogen and oxygen atoms in total. The van der Waals surface area contributed by atoms with Crippen LogP contribution in [0.1, 0.15) is 32.1 Å². The van der Waals surface area contributed by atoms with Crippen LogP contribution in [0.15, 0.2) is 12.8 Å². The van der Waals surface area contributed by atoms with Gasteiger partial charge in [0.25, 0.3) is 0 Å². The number of aliphatic hydroxyl groups is 1. The summed E-state index contributed by atoms with van der Waals surface area (Å²) in [6.45, 7) is 3.53. The number of aliphatic hydroxyl groups excluding tert-OH is 1. The molecule has 2 heteroatoms. The van der Waals surface area contributed by atoms with Gasteiger partial charge in [-0.3, -0.25) is 0 Å². The normalized spacial score (nSPS) is 18.0. The molecule has 0 aliphatic heterocycles. The van der Waals surface area contributed by atoms with E-state index in [4.69, 9.17) is 9.84 Å². The molecule has 0 bridgehead atoms. The van der Waals surface area contributed by atoms with Gasteiger partial charge in [0.1, 0.15) is 0 Å². The van der Waals surface area contributed by atoms with Crippen molar-refractivity contribution in [3.05, 3.63) is 12.8 Å². The minimum absolute atomic E-state index is 0.483. The van der Waals surface area contributed by atoms with Gasteiger partial charge in [0.05, 0.1) is 12.4 Å². The molecule has 1 fully saturated rings. The van der Waals surface area contributed by atoms with Crippen molar-refractivity contribution >= 4 is 0 Å². The van der Waals surface area contributed by atoms with Gasteiger partial charge in [0, 0.05) is 7.11 Å². The Morgan fingerprint density at radius 1 is 1.27 bits per heavy atom. The number of hydrogen-bond acceptors (Lipinski definition) is 2. The Morgan fingerprint density at radius 2 is 1.82 bits per heavy atom. The summed E-state index contributed by atoms with van der Waals surface area (Å²) >= 11 is 0. The monoisotopic (exact) mass is 158 g/mol. The maximum Gasteiger partial charge on any atom is 0.0978 e. The van der Waals surface area contributed by atoms with Crippen LogP contribution in [0, 0.1) is 0 Å². The standard InChI is InChI=1S/C8H14O.CH4O/c1-2-9-8-6-4-3-5-7-8;1-2/h2,8H,1,3-7H2;2H,1H3. The SMILES string of the molecule is C=COC1CCCCC1.CO. The van der Waals surface area contributed by atoms with E-state index in [2.05, 4.69) is 6.58 Å². The molecular formula is C9H18O2. The first kappa shape index (κ1) is 10.5. The van der Waals surface area contributed by atoms with Crippen LogP contribution in [-0.4, -0.2) is 18.3 Å². The molecule has 0 atom stereocenters. The average Bonchev–Trinajstić information content (AvgIpc) is 2.11. The summed E-state index contributed by atoms with van der Waals surface area (Å²) in [5.41, 5.74) is 0. The molecule has 0 amide bonds. The van der Waals surface area contributed by atoms with Gasteiger partial charge in [0.15, 0.2) is 0 Å². The van der Waals surface area contributed by atoms with E-state index in [9.17, 15) is 0 Å². The highest BCUT2D eigenvalue weighted by atomic mass is 16.5. The Balaban J connectivity index is 0.000000461. The van der Waals surface area contributed by atoms with Gasteiger partial charge in [-0.25, -0.2) is 0 Å². The Kier molecular flexibility index (Phi) is 7.26. The first-order valence-electron chi connectivity index (χ1n) is 4.14. The Bertz CT molecular complexity index is 85.6. The van der Waals surface area contributed by atoms with Crippen molar-refractivity contribution in [2.24, 2.45) is 0 Å². The topological polar surface area (TPSA) is 29.5 Å². The lowest BCUT2D eigenvalue weighted by Gasteiger charge is -2.20. The molecular weight excluding hydrogens is 140 g/mol. The Morgan fingerprint density at radius 3 is 2.27 bits per heavy atom. The second-order valence-corrected chi connectivity index (χ2v) is 2.56. The molecule has 0 aromatic carbocycles. The van der Waals surface area contributed by atoms with Gasteiger partial charge in [-0.15, -0.1) is 0 Å². The van der Waals surface area contributed by atoms with E-state index < -0.39 is 0 Å². The summed E-state index contributed by atoms with van der Waals surface area (Å²) < 4.78 is 5.25. The zero-order chi connectivity index (χ0) is 8.53. The minimum Gasteiger partial charge on any atom is -0.499 e. The second-order valence-electron chi connectivity index (χ2n) is 2.56. The van der Waals surface area contributed by atoms with Crippen LogP contribution in [0.4, 0.5) is 0 Å². The predicted octanol–water partition coefficient (Wildman–Crippen LogP) is 2.09. The van der Waals surface area contributed by atoms with Crippen LogP contribution in [0.2, 0.25) is 0 Å². The fourth-order valence-corrected chi connectivity index (χ4v) is 1.34. The van der Waals surface area contributed by atoms with Gasteiger partial charge in [-0.1, -0.05) is 13.0 Å². The van der Waals surface area contributed by atoms with E-state index >= 15 is 0 Å². The number of rotatable bonds is 2. The largest absolute Gasteiger partial charge is 0.499 e. The number of ether oxygens (including phenoxy) is 1. The van der Waals surface area contributed by atoms with Crippen LogP contribution in [0.25, 0.3) is 0 Å². The molecule has 0 spiro atoms. The maximum atomic E-state index is 7.00. The van der Waals surface area contributed by atoms with Crippen molar-refractivity contribution in [3.8, 4) is 0 Å². The fraction of sp³-hybridized carbons (Fsp3) is 0.778. The van der Waals surface area contributed by atoms with Crippen molar-refractivity contribution in [3.63, 3.8) is 0 Å². The zero-order valence-corrected chi connectivity index (χ0v) is 7.25. The quantitative estimate of drug-likeness (QED) is 0.623. The summed E-state index contributed by atoms with van der Waals surface area (Å²) in [5, 5.41) is 7.00. The summed E-state index contributed by atoms with van der Waals surface area (Å²) in [7, 11) is 1.00. The molecule has 11 heavy (non-hydrogen) atoms. The lowest BCUT2D eigenvalue weighted by atomic mass is 9.98. The van der Waals surface area contributed by atoms with Crippen LogP contribution < -0.4 is 0 Å². The van der Waals surface area contributed by atoms with Crippen molar-refractivity contribution < 1.29 is 9.84 Å². The molecule has 66 valence electrons. The average molecular weight is 158 g/mol. The maximum absolute atomic E-state index is 7.00. The van der Waals surface area contributed by atoms with E-state index in [1.807, 2.05) is 0 Å². The summed E-state index contributed by atoms with van der Waals surface area (Å²) in [4.78, 5) is 0. The smallest absolute Gasteiger partial charge is 0.0978 e. The van der Waals surface area contributed by atoms with Gasteiger partial charge in [-0.2, -0.15) is 0 Å². The van der Waals surface area contributed by atoms with Crippen LogP contribution in [0.3, 0.4) is 0 Å². The van der Waals surface area contributed by atoms with Crippen molar-refractivity contribution in [1.29, 1.82) is 0 Å². The van der Waals surface area contributed by atoms with Crippen molar-refractivity contribution in [2.75, 3.05) is 7.11 Å². The molecule has 1 saturated carbocycles. The van der Waals surface area contributed by atoms with E-state index in [1.165, 1.54) is 32.1 Å². The molecule has 0 radical (unpaired) electrons. The summed E-state index contributed by atoms with van der Waals surface area (Å²) in [6.07, 6.45) is 8.55. The van der Waals surface area contributed by atoms with Gasteiger partial charge in [-0.05, 0) is 25.7 Å². The molecule has 1 aliphatic carbocycles. The first-order valence-corrected chi connectivity index (χ1v) is 4.14. The predicted molar refractivity (Wildman–Crippen MR) is 46.3 cm³/mol. The molecule has 1 N–H and O–H groups in total. The second kappa shape index (κ2) is 7.61. The summed E-state index contributed by atoms with van der Waals surface area (Å²) in [5.74, 6) is 0. The van der Waals surface area contributed by atoms with Crippen LogP contribution >= 0.6 is 0 Å². The Labute approximate surface area is 68.9 Å². The highest BCUT2D eigenvalue weighted by molar-refractivity contribution is 4.67. The van der Waals surface area contributed by atoms with E-state index in [0.29, 0.717) is 6.10 Å². The molecule has 0 aromatic heterocycles. The third-order valence-electron chi connectivity index (χ3n) is 1.84. The highest BCUT2D eigenvalue weighted by Crippen LogP contribution is 2.19. The zero-order valence-electron chi connectivity index (χ0n) is 7.25. The van der Waals surface area contributed by atoms with E-state index in [-0.39, 0.29) is 0 Å². The van der Waals surface area contributed by atoms with Crippen molar-refractivity contribution in [1.82, 2.24) is 0 Å². The molecule has 0 heterocycles. The molecule has 0 saturated heterocycles. The Hall–Kier alpha value is -0.500. The van der Waals surface area contributed by atoms with Gasteiger partial charge in [0.2, 0.25) is 0 Å². The molecule has 1 aliphatic rings. The third kappa shape index (κ3) is 4.85. The molecule has 1 rings (SSSR count). The molecule has 0 unspecified atom stereocenters. The van der Waals surface area contributed by atoms with E-state index in [0.717, 1.165) is 7.11 Å². The van der Waals surface area contributed by atoms with E-state index in [1.54, 1.807) is 6.26 Å².